The van der Waals surface area contributed by atoms with E-state index in [0.29, 0.717) is 31.9 Å². The number of ether oxygens (including phenoxy) is 1. The lowest BCUT2D eigenvalue weighted by Crippen LogP contribution is -2.02. The SMILES string of the molecule is C=CC(=O)Oc1ccc(Cl)cc1.O=C(c1ccc(Cl)cc1)c1ccc(Cl)cc1. The van der Waals surface area contributed by atoms with Crippen molar-refractivity contribution in [3.63, 3.8) is 0 Å². The van der Waals surface area contributed by atoms with Crippen LogP contribution in [0.25, 0.3) is 0 Å². The number of carbonyl (C=O) groups is 2. The second kappa shape index (κ2) is 10.7. The van der Waals surface area contributed by atoms with Gasteiger partial charge in [0.15, 0.2) is 5.78 Å². The van der Waals surface area contributed by atoms with Crippen LogP contribution in [0.15, 0.2) is 85.5 Å². The van der Waals surface area contributed by atoms with Gasteiger partial charge in [0, 0.05) is 32.3 Å². The zero-order valence-corrected chi connectivity index (χ0v) is 16.8. The number of ketones is 1. The topological polar surface area (TPSA) is 43.4 Å². The molecule has 0 atom stereocenters. The molecule has 142 valence electrons. The highest BCUT2D eigenvalue weighted by molar-refractivity contribution is 6.31. The maximum absolute atomic E-state index is 12.0. The first-order chi connectivity index (χ1) is 13.4. The number of benzene rings is 3. The molecule has 28 heavy (non-hydrogen) atoms. The van der Waals surface area contributed by atoms with Crippen molar-refractivity contribution in [1.82, 2.24) is 0 Å². The number of carbonyl (C=O) groups excluding carboxylic acids is 2. The maximum Gasteiger partial charge on any atom is 0.335 e. The van der Waals surface area contributed by atoms with Crippen LogP contribution in [0.1, 0.15) is 15.9 Å². The van der Waals surface area contributed by atoms with Crippen molar-refractivity contribution in [1.29, 1.82) is 0 Å². The highest BCUT2D eigenvalue weighted by Gasteiger charge is 2.08. The number of rotatable bonds is 4. The van der Waals surface area contributed by atoms with Crippen molar-refractivity contribution in [3.05, 3.63) is 112 Å². The fraction of sp³-hybridized carbons (Fsp3) is 0. The third-order valence-corrected chi connectivity index (χ3v) is 4.17. The molecule has 3 nitrogen and oxygen atoms in total. The Labute approximate surface area is 178 Å². The summed E-state index contributed by atoms with van der Waals surface area (Å²) in [6.45, 7) is 3.27. The predicted octanol–water partition coefficient (Wildman–Crippen LogP) is 6.66. The van der Waals surface area contributed by atoms with Crippen LogP contribution in [0.2, 0.25) is 15.1 Å². The lowest BCUT2D eigenvalue weighted by Gasteiger charge is -2.01. The Balaban J connectivity index is 0.000000209. The quantitative estimate of drug-likeness (QED) is 0.200. The minimum absolute atomic E-state index is 0.0340. The van der Waals surface area contributed by atoms with Gasteiger partial charge in [0.1, 0.15) is 5.75 Å². The van der Waals surface area contributed by atoms with E-state index in [1.807, 2.05) is 0 Å². The van der Waals surface area contributed by atoms with Gasteiger partial charge in [-0.2, -0.15) is 0 Å². The summed E-state index contributed by atoms with van der Waals surface area (Å²) in [4.78, 5) is 22.7. The van der Waals surface area contributed by atoms with Gasteiger partial charge in [-0.25, -0.2) is 4.79 Å². The molecule has 0 aliphatic rings. The minimum Gasteiger partial charge on any atom is -0.423 e. The second-order valence-corrected chi connectivity index (χ2v) is 6.73. The molecule has 0 aliphatic heterocycles. The standard InChI is InChI=1S/C13H8Cl2O.C9H7ClO2/c14-11-5-1-9(2-6-11)13(16)10-3-7-12(15)8-4-10;1-2-9(11)12-8-5-3-7(10)4-6-8/h1-8H;2-6H,1H2. The maximum atomic E-state index is 12.0. The molecule has 0 aliphatic carbocycles. The van der Waals surface area contributed by atoms with Gasteiger partial charge in [0.05, 0.1) is 0 Å². The summed E-state index contributed by atoms with van der Waals surface area (Å²) >= 11 is 17.1. The number of hydrogen-bond donors (Lipinski definition) is 0. The van der Waals surface area contributed by atoms with Crippen molar-refractivity contribution < 1.29 is 14.3 Å². The van der Waals surface area contributed by atoms with Gasteiger partial charge in [0.25, 0.3) is 0 Å². The van der Waals surface area contributed by atoms with E-state index in [1.54, 1.807) is 72.8 Å². The number of hydrogen-bond acceptors (Lipinski definition) is 3. The Morgan fingerprint density at radius 3 is 1.39 bits per heavy atom. The lowest BCUT2D eigenvalue weighted by atomic mass is 10.0. The summed E-state index contributed by atoms with van der Waals surface area (Å²) in [6, 6.07) is 20.1. The molecule has 3 aromatic rings. The average molecular weight is 434 g/mol. The fourth-order valence-electron chi connectivity index (χ4n) is 2.03. The predicted molar refractivity (Wildman–Crippen MR) is 114 cm³/mol. The van der Waals surface area contributed by atoms with Gasteiger partial charge in [0.2, 0.25) is 0 Å². The van der Waals surface area contributed by atoms with Crippen LogP contribution in [0.4, 0.5) is 0 Å². The van der Waals surface area contributed by atoms with E-state index in [-0.39, 0.29) is 5.78 Å². The Bertz CT molecular complexity index is 900. The fourth-order valence-corrected chi connectivity index (χ4v) is 2.41. The van der Waals surface area contributed by atoms with Crippen LogP contribution in [0.5, 0.6) is 5.75 Å². The van der Waals surface area contributed by atoms with Gasteiger partial charge in [-0.3, -0.25) is 4.79 Å². The van der Waals surface area contributed by atoms with E-state index in [1.165, 1.54) is 0 Å². The van der Waals surface area contributed by atoms with Gasteiger partial charge >= 0.3 is 5.97 Å². The zero-order valence-electron chi connectivity index (χ0n) is 14.6. The van der Waals surface area contributed by atoms with E-state index >= 15 is 0 Å². The molecule has 0 unspecified atom stereocenters. The lowest BCUT2D eigenvalue weighted by molar-refractivity contribution is -0.128. The second-order valence-electron chi connectivity index (χ2n) is 5.42. The molecule has 0 radical (unpaired) electrons. The van der Waals surface area contributed by atoms with E-state index in [2.05, 4.69) is 6.58 Å². The molecule has 0 spiro atoms. The molecule has 6 heteroatoms. The third kappa shape index (κ3) is 6.86. The molecule has 0 N–H and O–H groups in total. The smallest absolute Gasteiger partial charge is 0.335 e. The molecule has 3 aromatic carbocycles. The monoisotopic (exact) mass is 432 g/mol. The van der Waals surface area contributed by atoms with Crippen molar-refractivity contribution in [2.45, 2.75) is 0 Å². The number of halogens is 3. The van der Waals surface area contributed by atoms with Gasteiger partial charge < -0.3 is 4.74 Å². The van der Waals surface area contributed by atoms with E-state index in [9.17, 15) is 9.59 Å². The van der Waals surface area contributed by atoms with Crippen LogP contribution < -0.4 is 4.74 Å². The highest BCUT2D eigenvalue weighted by Crippen LogP contribution is 2.16. The Morgan fingerprint density at radius 2 is 1.04 bits per heavy atom. The minimum atomic E-state index is -0.475. The summed E-state index contributed by atoms with van der Waals surface area (Å²) in [7, 11) is 0. The molecular weight excluding hydrogens is 419 g/mol. The Hall–Kier alpha value is -2.59. The first-order valence-electron chi connectivity index (χ1n) is 8.04. The van der Waals surface area contributed by atoms with Crippen LogP contribution in [-0.4, -0.2) is 11.8 Å². The molecule has 0 saturated heterocycles. The summed E-state index contributed by atoms with van der Waals surface area (Å²) < 4.78 is 4.80. The first kappa shape index (κ1) is 21.7. The van der Waals surface area contributed by atoms with E-state index in [0.717, 1.165) is 6.08 Å². The van der Waals surface area contributed by atoms with E-state index < -0.39 is 5.97 Å². The molecule has 0 amide bonds. The Kier molecular flexibility index (Phi) is 8.27. The summed E-state index contributed by atoms with van der Waals surface area (Å²) in [5.74, 6) is -0.0463. The van der Waals surface area contributed by atoms with Gasteiger partial charge in [-0.15, -0.1) is 0 Å². The van der Waals surface area contributed by atoms with Gasteiger partial charge in [-0.05, 0) is 72.8 Å². The third-order valence-electron chi connectivity index (χ3n) is 3.41. The molecular formula is C22H15Cl3O3. The molecule has 0 heterocycles. The largest absolute Gasteiger partial charge is 0.423 e. The molecule has 3 rings (SSSR count). The van der Waals surface area contributed by atoms with Crippen molar-refractivity contribution in [2.24, 2.45) is 0 Å². The van der Waals surface area contributed by atoms with Crippen LogP contribution in [-0.2, 0) is 4.79 Å². The van der Waals surface area contributed by atoms with Crippen LogP contribution in [0.3, 0.4) is 0 Å². The van der Waals surface area contributed by atoms with Crippen LogP contribution in [0, 0.1) is 0 Å². The molecule has 0 bridgehead atoms. The first-order valence-corrected chi connectivity index (χ1v) is 9.18. The van der Waals surface area contributed by atoms with Crippen molar-refractivity contribution in [3.8, 4) is 5.75 Å². The van der Waals surface area contributed by atoms with Crippen molar-refractivity contribution >= 4 is 46.6 Å². The number of esters is 1. The molecule has 0 aromatic heterocycles. The summed E-state index contributed by atoms with van der Waals surface area (Å²) in [6.07, 6.45) is 1.11. The molecule has 0 fully saturated rings. The normalized spacial score (nSPS) is 9.68. The Morgan fingerprint density at radius 1 is 0.679 bits per heavy atom. The summed E-state index contributed by atoms with van der Waals surface area (Å²) in [5, 5.41) is 1.84. The zero-order chi connectivity index (χ0) is 20.5. The van der Waals surface area contributed by atoms with Crippen molar-refractivity contribution in [2.75, 3.05) is 0 Å². The molecule has 0 saturated carbocycles. The average Bonchev–Trinajstić information content (AvgIpc) is 2.71. The highest BCUT2D eigenvalue weighted by atomic mass is 35.5. The van der Waals surface area contributed by atoms with Gasteiger partial charge in [-0.1, -0.05) is 41.4 Å². The summed E-state index contributed by atoms with van der Waals surface area (Å²) in [5.41, 5.74) is 1.23. The van der Waals surface area contributed by atoms with E-state index in [4.69, 9.17) is 39.5 Å². The van der Waals surface area contributed by atoms with Crippen LogP contribution >= 0.6 is 34.8 Å².